The zero-order valence-corrected chi connectivity index (χ0v) is 13.5. The first kappa shape index (κ1) is 14.7. The van der Waals surface area contributed by atoms with E-state index in [1.807, 2.05) is 45.9 Å². The van der Waals surface area contributed by atoms with Gasteiger partial charge in [0.2, 0.25) is 5.82 Å². The maximum atomic E-state index is 12.1. The molecule has 0 radical (unpaired) electrons. The minimum atomic E-state index is -0.326. The number of halogens is 1. The lowest BCUT2D eigenvalue weighted by Gasteiger charge is -2.12. The summed E-state index contributed by atoms with van der Waals surface area (Å²) in [6.07, 6.45) is 0. The Morgan fingerprint density at radius 2 is 2.05 bits per heavy atom. The molecule has 0 unspecified atom stereocenters. The number of carbonyl (C=O) groups is 1. The van der Waals surface area contributed by atoms with Gasteiger partial charge in [0.1, 0.15) is 5.82 Å². The average molecular weight is 337 g/mol. The molecule has 0 spiro atoms. The molecule has 0 aliphatic heterocycles. The summed E-state index contributed by atoms with van der Waals surface area (Å²) in [5, 5.41) is 9.54. The number of nitrogens with one attached hydrogen (secondary N) is 2. The third kappa shape index (κ3) is 3.25. The Hall–Kier alpha value is -1.69. The number of anilines is 1. The summed E-state index contributed by atoms with van der Waals surface area (Å²) in [5.74, 6) is 0.506. The van der Waals surface area contributed by atoms with E-state index in [4.69, 9.17) is 0 Å². The number of aromatic amines is 1. The van der Waals surface area contributed by atoms with Gasteiger partial charge in [-0.2, -0.15) is 0 Å². The van der Waals surface area contributed by atoms with Crippen LogP contribution in [0.1, 0.15) is 42.8 Å². The molecule has 2 aromatic rings. The second-order valence-electron chi connectivity index (χ2n) is 5.68. The topological polar surface area (TPSA) is 70.7 Å². The number of amides is 1. The molecule has 106 valence electrons. The highest BCUT2D eigenvalue weighted by molar-refractivity contribution is 9.10. The fraction of sp³-hybridized carbons (Fsp3) is 0.357. The van der Waals surface area contributed by atoms with Gasteiger partial charge in [0.15, 0.2) is 0 Å². The molecule has 0 saturated heterocycles. The monoisotopic (exact) mass is 336 g/mol. The van der Waals surface area contributed by atoms with Gasteiger partial charge in [0.05, 0.1) is 0 Å². The molecule has 0 atom stereocenters. The highest BCUT2D eigenvalue weighted by atomic mass is 79.9. The fourth-order valence-electron chi connectivity index (χ4n) is 1.56. The molecule has 6 heteroatoms. The number of nitrogens with zero attached hydrogens (tertiary/aromatic N) is 2. The van der Waals surface area contributed by atoms with Crippen LogP contribution in [0.5, 0.6) is 0 Å². The van der Waals surface area contributed by atoms with E-state index >= 15 is 0 Å². The second-order valence-corrected chi connectivity index (χ2v) is 6.53. The van der Waals surface area contributed by atoms with Gasteiger partial charge in [-0.15, -0.1) is 5.10 Å². The fourth-order valence-corrected chi connectivity index (χ4v) is 1.94. The number of hydrogen-bond acceptors (Lipinski definition) is 3. The predicted octanol–water partition coefficient (Wildman–Crippen LogP) is 3.43. The molecule has 0 saturated carbocycles. The van der Waals surface area contributed by atoms with Crippen molar-refractivity contribution in [2.45, 2.75) is 33.1 Å². The van der Waals surface area contributed by atoms with E-state index in [9.17, 15) is 4.79 Å². The van der Waals surface area contributed by atoms with Gasteiger partial charge in [0.25, 0.3) is 5.91 Å². The lowest BCUT2D eigenvalue weighted by molar-refractivity contribution is 0.101. The predicted molar refractivity (Wildman–Crippen MR) is 81.9 cm³/mol. The molecule has 1 aromatic carbocycles. The first-order chi connectivity index (χ1) is 9.27. The number of aromatic nitrogens is 3. The molecule has 20 heavy (non-hydrogen) atoms. The van der Waals surface area contributed by atoms with Gasteiger partial charge in [0, 0.05) is 15.6 Å². The van der Waals surface area contributed by atoms with Crippen LogP contribution in [0.25, 0.3) is 0 Å². The van der Waals surface area contributed by atoms with Crippen molar-refractivity contribution < 1.29 is 4.79 Å². The number of hydrogen-bond donors (Lipinski definition) is 2. The Balaban J connectivity index is 2.16. The second kappa shape index (κ2) is 5.36. The molecule has 0 bridgehead atoms. The zero-order valence-electron chi connectivity index (χ0n) is 11.9. The maximum Gasteiger partial charge on any atom is 0.295 e. The first-order valence-electron chi connectivity index (χ1n) is 6.28. The largest absolute Gasteiger partial charge is 0.319 e. The number of rotatable bonds is 2. The smallest absolute Gasteiger partial charge is 0.295 e. The first-order valence-corrected chi connectivity index (χ1v) is 7.07. The number of benzene rings is 1. The Labute approximate surface area is 126 Å². The SMILES string of the molecule is Cc1ccc(NC(=O)c2n[nH]c(C(C)(C)C)n2)cc1Br. The summed E-state index contributed by atoms with van der Waals surface area (Å²) in [6.45, 7) is 8.01. The van der Waals surface area contributed by atoms with Crippen LogP contribution in [-0.4, -0.2) is 21.1 Å². The Morgan fingerprint density at radius 1 is 1.35 bits per heavy atom. The molecule has 0 fully saturated rings. The molecule has 0 aliphatic carbocycles. The molecule has 2 rings (SSSR count). The van der Waals surface area contributed by atoms with Crippen molar-refractivity contribution in [2.24, 2.45) is 0 Å². The van der Waals surface area contributed by atoms with Gasteiger partial charge >= 0.3 is 0 Å². The van der Waals surface area contributed by atoms with E-state index in [1.54, 1.807) is 0 Å². The summed E-state index contributed by atoms with van der Waals surface area (Å²) < 4.78 is 0.945. The summed E-state index contributed by atoms with van der Waals surface area (Å²) in [5.41, 5.74) is 1.64. The molecule has 1 aromatic heterocycles. The van der Waals surface area contributed by atoms with Crippen molar-refractivity contribution >= 4 is 27.5 Å². The lowest BCUT2D eigenvalue weighted by Crippen LogP contribution is -2.16. The minimum Gasteiger partial charge on any atom is -0.319 e. The molecule has 5 nitrogen and oxygen atoms in total. The summed E-state index contributed by atoms with van der Waals surface area (Å²) in [7, 11) is 0. The highest BCUT2D eigenvalue weighted by Gasteiger charge is 2.21. The van der Waals surface area contributed by atoms with Crippen molar-refractivity contribution in [1.82, 2.24) is 15.2 Å². The Kier molecular flexibility index (Phi) is 3.94. The Bertz CT molecular complexity index is 643. The van der Waals surface area contributed by atoms with Gasteiger partial charge < -0.3 is 5.32 Å². The van der Waals surface area contributed by atoms with Crippen molar-refractivity contribution in [3.8, 4) is 0 Å². The summed E-state index contributed by atoms with van der Waals surface area (Å²) in [6, 6.07) is 5.62. The number of H-pyrrole nitrogens is 1. The van der Waals surface area contributed by atoms with Crippen molar-refractivity contribution in [3.63, 3.8) is 0 Å². The third-order valence-electron chi connectivity index (χ3n) is 2.83. The standard InChI is InChI=1S/C14H17BrN4O/c1-8-5-6-9(7-10(8)15)16-12(20)11-17-13(19-18-11)14(2,3)4/h5-7H,1-4H3,(H,16,20)(H,17,18,19). The van der Waals surface area contributed by atoms with E-state index in [0.29, 0.717) is 11.5 Å². The van der Waals surface area contributed by atoms with Crippen LogP contribution >= 0.6 is 15.9 Å². The molecule has 1 heterocycles. The van der Waals surface area contributed by atoms with E-state index in [2.05, 4.69) is 36.4 Å². The van der Waals surface area contributed by atoms with Crippen LogP contribution in [0, 0.1) is 6.92 Å². The van der Waals surface area contributed by atoms with Crippen LogP contribution in [0.3, 0.4) is 0 Å². The summed E-state index contributed by atoms with van der Waals surface area (Å²) in [4.78, 5) is 16.3. The van der Waals surface area contributed by atoms with Crippen molar-refractivity contribution in [2.75, 3.05) is 5.32 Å². The Morgan fingerprint density at radius 3 is 2.60 bits per heavy atom. The van der Waals surface area contributed by atoms with Crippen LogP contribution in [0.2, 0.25) is 0 Å². The molecular weight excluding hydrogens is 320 g/mol. The van der Waals surface area contributed by atoms with E-state index in [0.717, 1.165) is 10.0 Å². The van der Waals surface area contributed by atoms with Crippen LogP contribution < -0.4 is 5.32 Å². The lowest BCUT2D eigenvalue weighted by atomic mass is 9.96. The molecule has 2 N–H and O–H groups in total. The van der Waals surface area contributed by atoms with Gasteiger partial charge in [-0.3, -0.25) is 9.89 Å². The molecule has 0 aliphatic rings. The van der Waals surface area contributed by atoms with Crippen LogP contribution in [0.15, 0.2) is 22.7 Å². The van der Waals surface area contributed by atoms with E-state index < -0.39 is 0 Å². The van der Waals surface area contributed by atoms with E-state index in [-0.39, 0.29) is 17.1 Å². The van der Waals surface area contributed by atoms with Gasteiger partial charge in [-0.25, -0.2) is 4.98 Å². The van der Waals surface area contributed by atoms with Crippen molar-refractivity contribution in [3.05, 3.63) is 39.9 Å². The summed E-state index contributed by atoms with van der Waals surface area (Å²) >= 11 is 3.43. The highest BCUT2D eigenvalue weighted by Crippen LogP contribution is 2.21. The van der Waals surface area contributed by atoms with Crippen molar-refractivity contribution in [1.29, 1.82) is 0 Å². The average Bonchev–Trinajstić information content (AvgIpc) is 2.83. The van der Waals surface area contributed by atoms with Gasteiger partial charge in [-0.05, 0) is 24.6 Å². The maximum absolute atomic E-state index is 12.1. The molecule has 1 amide bonds. The van der Waals surface area contributed by atoms with Crippen LogP contribution in [-0.2, 0) is 5.41 Å². The zero-order chi connectivity index (χ0) is 14.9. The van der Waals surface area contributed by atoms with Crippen LogP contribution in [0.4, 0.5) is 5.69 Å². The normalized spacial score (nSPS) is 11.4. The van der Waals surface area contributed by atoms with Gasteiger partial charge in [-0.1, -0.05) is 42.8 Å². The number of aryl methyl sites for hydroxylation is 1. The van der Waals surface area contributed by atoms with E-state index in [1.165, 1.54) is 0 Å². The third-order valence-corrected chi connectivity index (χ3v) is 3.68. The minimum absolute atomic E-state index is 0.145. The molecular formula is C14H17BrN4O. The quantitative estimate of drug-likeness (QED) is 0.882. The number of carbonyl (C=O) groups excluding carboxylic acids is 1.